The summed E-state index contributed by atoms with van der Waals surface area (Å²) in [6.07, 6.45) is 7.91. The highest BCUT2D eigenvalue weighted by Gasteiger charge is 2.22. The van der Waals surface area contributed by atoms with Gasteiger partial charge < -0.3 is 15.0 Å². The molecule has 0 radical (unpaired) electrons. The minimum absolute atomic E-state index is 0.0428. The van der Waals surface area contributed by atoms with E-state index in [4.69, 9.17) is 9.72 Å². The van der Waals surface area contributed by atoms with Gasteiger partial charge in [0.2, 0.25) is 0 Å². The standard InChI is InChI=1S/C18H24N4O2S2/c1-25-18-20-15(22-7-3-2-4-8-22)13-10-14(26-17(13)21-18)16(23)19-11-12-6-5-9-24-12/h10,12H,2-9,11H2,1H3,(H,19,23)/t12-/m0/s1. The van der Waals surface area contributed by atoms with Crippen molar-refractivity contribution in [3.8, 4) is 0 Å². The summed E-state index contributed by atoms with van der Waals surface area (Å²) in [5, 5.41) is 4.78. The number of hydrogen-bond donors (Lipinski definition) is 1. The maximum Gasteiger partial charge on any atom is 0.261 e. The molecule has 2 fully saturated rings. The van der Waals surface area contributed by atoms with Gasteiger partial charge in [0.15, 0.2) is 5.16 Å². The van der Waals surface area contributed by atoms with E-state index in [2.05, 4.69) is 15.2 Å². The Morgan fingerprint density at radius 1 is 1.35 bits per heavy atom. The first-order chi connectivity index (χ1) is 12.7. The topological polar surface area (TPSA) is 67.4 Å². The molecule has 4 rings (SSSR count). The van der Waals surface area contributed by atoms with Gasteiger partial charge in [0.25, 0.3) is 5.91 Å². The summed E-state index contributed by atoms with van der Waals surface area (Å²) in [4.78, 5) is 25.9. The lowest BCUT2D eigenvalue weighted by Gasteiger charge is -2.28. The number of nitrogens with zero attached hydrogens (tertiary/aromatic N) is 3. The SMILES string of the molecule is CSc1nc(N2CCCCC2)c2cc(C(=O)NC[C@@H]3CCCO3)sc2n1. The van der Waals surface area contributed by atoms with Crippen molar-refractivity contribution in [2.45, 2.75) is 43.4 Å². The van der Waals surface area contributed by atoms with Crippen molar-refractivity contribution in [3.05, 3.63) is 10.9 Å². The second-order valence-electron chi connectivity index (χ2n) is 6.76. The number of nitrogens with one attached hydrogen (secondary N) is 1. The third kappa shape index (κ3) is 3.82. The largest absolute Gasteiger partial charge is 0.376 e. The number of hydrogen-bond acceptors (Lipinski definition) is 7. The average molecular weight is 393 g/mol. The van der Waals surface area contributed by atoms with Crippen LogP contribution in [-0.4, -0.2) is 54.5 Å². The van der Waals surface area contributed by atoms with Crippen LogP contribution in [0.4, 0.5) is 5.82 Å². The van der Waals surface area contributed by atoms with Crippen molar-refractivity contribution in [3.63, 3.8) is 0 Å². The Morgan fingerprint density at radius 3 is 2.92 bits per heavy atom. The molecular weight excluding hydrogens is 368 g/mol. The van der Waals surface area contributed by atoms with E-state index in [9.17, 15) is 4.79 Å². The maximum absolute atomic E-state index is 12.6. The van der Waals surface area contributed by atoms with Gasteiger partial charge in [0.05, 0.1) is 16.4 Å². The Hall–Kier alpha value is -1.38. The summed E-state index contributed by atoms with van der Waals surface area (Å²) >= 11 is 3.00. The molecular formula is C18H24N4O2S2. The molecule has 1 amide bonds. The van der Waals surface area contributed by atoms with E-state index < -0.39 is 0 Å². The zero-order chi connectivity index (χ0) is 17.9. The molecule has 0 bridgehead atoms. The van der Waals surface area contributed by atoms with Gasteiger partial charge in [0.1, 0.15) is 10.6 Å². The highest BCUT2D eigenvalue weighted by Crippen LogP contribution is 2.33. The third-order valence-corrected chi connectivity index (χ3v) is 6.50. The van der Waals surface area contributed by atoms with Crippen molar-refractivity contribution >= 4 is 45.0 Å². The van der Waals surface area contributed by atoms with E-state index >= 15 is 0 Å². The highest BCUT2D eigenvalue weighted by molar-refractivity contribution is 7.98. The van der Waals surface area contributed by atoms with Crippen LogP contribution in [0.3, 0.4) is 0 Å². The zero-order valence-electron chi connectivity index (χ0n) is 15.0. The van der Waals surface area contributed by atoms with Crippen molar-refractivity contribution in [2.75, 3.05) is 37.4 Å². The van der Waals surface area contributed by atoms with Crippen LogP contribution < -0.4 is 10.2 Å². The van der Waals surface area contributed by atoms with Crippen LogP contribution in [0.25, 0.3) is 10.2 Å². The molecule has 0 aliphatic carbocycles. The fourth-order valence-electron chi connectivity index (χ4n) is 3.54. The Labute approximate surface area is 161 Å². The van der Waals surface area contributed by atoms with Gasteiger partial charge in [0, 0.05) is 26.2 Å². The lowest BCUT2D eigenvalue weighted by molar-refractivity contribution is 0.0861. The molecule has 2 aliphatic rings. The van der Waals surface area contributed by atoms with Gasteiger partial charge in [-0.2, -0.15) is 0 Å². The van der Waals surface area contributed by atoms with Gasteiger partial charge in [-0.15, -0.1) is 11.3 Å². The van der Waals surface area contributed by atoms with E-state index in [0.29, 0.717) is 11.4 Å². The molecule has 1 atom stereocenters. The molecule has 0 aromatic carbocycles. The normalized spacial score (nSPS) is 20.7. The minimum Gasteiger partial charge on any atom is -0.376 e. The van der Waals surface area contributed by atoms with E-state index in [0.717, 1.165) is 53.7 Å². The number of aromatic nitrogens is 2. The molecule has 26 heavy (non-hydrogen) atoms. The number of fused-ring (bicyclic) bond motifs is 1. The van der Waals surface area contributed by atoms with E-state index in [1.54, 1.807) is 11.8 Å². The van der Waals surface area contributed by atoms with Crippen LogP contribution in [0.1, 0.15) is 41.8 Å². The van der Waals surface area contributed by atoms with E-state index in [-0.39, 0.29) is 12.0 Å². The first kappa shape index (κ1) is 18.0. The number of ether oxygens (including phenoxy) is 1. The van der Waals surface area contributed by atoms with Gasteiger partial charge in [-0.05, 0) is 44.4 Å². The molecule has 6 nitrogen and oxygen atoms in total. The smallest absolute Gasteiger partial charge is 0.261 e. The number of rotatable bonds is 5. The molecule has 8 heteroatoms. The summed E-state index contributed by atoms with van der Waals surface area (Å²) < 4.78 is 5.58. The monoisotopic (exact) mass is 392 g/mol. The molecule has 2 aromatic rings. The number of carbonyl (C=O) groups excluding carboxylic acids is 1. The number of thiophene rings is 1. The van der Waals surface area contributed by atoms with Gasteiger partial charge >= 0.3 is 0 Å². The Morgan fingerprint density at radius 2 is 2.19 bits per heavy atom. The quantitative estimate of drug-likeness (QED) is 0.622. The lowest BCUT2D eigenvalue weighted by atomic mass is 10.1. The summed E-state index contributed by atoms with van der Waals surface area (Å²) in [6.45, 7) is 3.43. The molecule has 0 spiro atoms. The first-order valence-electron chi connectivity index (χ1n) is 9.25. The van der Waals surface area contributed by atoms with Crippen LogP contribution in [0.2, 0.25) is 0 Å². The summed E-state index contributed by atoms with van der Waals surface area (Å²) in [6, 6.07) is 1.96. The van der Waals surface area contributed by atoms with Crippen LogP contribution in [0.5, 0.6) is 0 Å². The highest BCUT2D eigenvalue weighted by atomic mass is 32.2. The Balaban J connectivity index is 1.59. The predicted molar refractivity (Wildman–Crippen MR) is 107 cm³/mol. The predicted octanol–water partition coefficient (Wildman–Crippen LogP) is 3.31. The van der Waals surface area contributed by atoms with E-state index in [1.165, 1.54) is 30.6 Å². The van der Waals surface area contributed by atoms with Crippen molar-refractivity contribution in [1.29, 1.82) is 0 Å². The molecule has 140 valence electrons. The fraction of sp³-hybridized carbons (Fsp3) is 0.611. The van der Waals surface area contributed by atoms with Crippen LogP contribution in [0, 0.1) is 0 Å². The summed E-state index contributed by atoms with van der Waals surface area (Å²) in [5.74, 6) is 0.937. The van der Waals surface area contributed by atoms with Crippen LogP contribution in [0.15, 0.2) is 11.2 Å². The van der Waals surface area contributed by atoms with Crippen LogP contribution >= 0.6 is 23.1 Å². The summed E-state index contributed by atoms with van der Waals surface area (Å²) in [5.41, 5.74) is 0. The molecule has 2 aliphatic heterocycles. The van der Waals surface area contributed by atoms with Crippen molar-refractivity contribution < 1.29 is 9.53 Å². The molecule has 0 unspecified atom stereocenters. The molecule has 4 heterocycles. The summed E-state index contributed by atoms with van der Waals surface area (Å²) in [7, 11) is 0. The number of amides is 1. The number of piperidine rings is 1. The van der Waals surface area contributed by atoms with E-state index in [1.807, 2.05) is 12.3 Å². The second kappa shape index (κ2) is 8.10. The molecule has 2 aromatic heterocycles. The molecule has 1 N–H and O–H groups in total. The Kier molecular flexibility index (Phi) is 5.61. The van der Waals surface area contributed by atoms with Gasteiger partial charge in [-0.3, -0.25) is 4.79 Å². The lowest BCUT2D eigenvalue weighted by Crippen LogP contribution is -2.31. The van der Waals surface area contributed by atoms with Crippen molar-refractivity contribution in [2.24, 2.45) is 0 Å². The number of anilines is 1. The molecule has 2 saturated heterocycles. The van der Waals surface area contributed by atoms with Gasteiger partial charge in [-0.25, -0.2) is 9.97 Å². The first-order valence-corrected chi connectivity index (χ1v) is 11.3. The number of thioether (sulfide) groups is 1. The molecule has 0 saturated carbocycles. The minimum atomic E-state index is -0.0428. The number of carbonyl (C=O) groups is 1. The van der Waals surface area contributed by atoms with Crippen molar-refractivity contribution in [1.82, 2.24) is 15.3 Å². The van der Waals surface area contributed by atoms with Gasteiger partial charge in [-0.1, -0.05) is 11.8 Å². The second-order valence-corrected chi connectivity index (χ2v) is 8.56. The average Bonchev–Trinajstić information content (AvgIpc) is 3.35. The van der Waals surface area contributed by atoms with Crippen LogP contribution in [-0.2, 0) is 4.74 Å². The zero-order valence-corrected chi connectivity index (χ0v) is 16.6. The maximum atomic E-state index is 12.6. The Bertz CT molecular complexity index is 783. The third-order valence-electron chi connectivity index (χ3n) is 4.93. The fourth-order valence-corrected chi connectivity index (χ4v) is 4.90.